The Morgan fingerprint density at radius 1 is 1.47 bits per heavy atom. The zero-order valence-corrected chi connectivity index (χ0v) is 8.81. The van der Waals surface area contributed by atoms with Crippen LogP contribution in [0.5, 0.6) is 0 Å². The van der Waals surface area contributed by atoms with Gasteiger partial charge < -0.3 is 4.98 Å². The zero-order valence-electron chi connectivity index (χ0n) is 7.99. The molecule has 4 nitrogen and oxygen atoms in total. The number of imidazole rings is 1. The Balaban J connectivity index is 2.48. The molecule has 2 rings (SSSR count). The highest BCUT2D eigenvalue weighted by Gasteiger charge is 2.09. The fraction of sp³-hybridized carbons (Fsp3) is 0.222. The van der Waals surface area contributed by atoms with Gasteiger partial charge in [-0.1, -0.05) is 0 Å². The van der Waals surface area contributed by atoms with Crippen molar-refractivity contribution in [1.82, 2.24) is 9.97 Å². The summed E-state index contributed by atoms with van der Waals surface area (Å²) in [6.07, 6.45) is 1.13. The molecule has 15 heavy (non-hydrogen) atoms. The summed E-state index contributed by atoms with van der Waals surface area (Å²) in [5.41, 5.74) is 1.07. The molecule has 6 heteroatoms. The van der Waals surface area contributed by atoms with Crippen LogP contribution in [0.2, 0.25) is 0 Å². The molecule has 0 aliphatic rings. The quantitative estimate of drug-likeness (QED) is 0.841. The van der Waals surface area contributed by atoms with Gasteiger partial charge in [0.15, 0.2) is 9.84 Å². The van der Waals surface area contributed by atoms with E-state index < -0.39 is 9.84 Å². The average Bonchev–Trinajstić information content (AvgIpc) is 2.42. The van der Waals surface area contributed by atoms with Crippen LogP contribution in [0.15, 0.2) is 18.2 Å². The second-order valence-corrected chi connectivity index (χ2v) is 5.56. The highest BCUT2D eigenvalue weighted by molar-refractivity contribution is 7.89. The van der Waals surface area contributed by atoms with Crippen molar-refractivity contribution in [2.45, 2.75) is 5.75 Å². The van der Waals surface area contributed by atoms with Gasteiger partial charge in [-0.05, 0) is 18.2 Å². The molecule has 0 aliphatic carbocycles. The number of halogens is 1. The first-order chi connectivity index (χ1) is 6.94. The lowest BCUT2D eigenvalue weighted by Crippen LogP contribution is -2.01. The summed E-state index contributed by atoms with van der Waals surface area (Å²) in [4.78, 5) is 6.80. The Labute approximate surface area is 86.1 Å². The van der Waals surface area contributed by atoms with Gasteiger partial charge in [-0.25, -0.2) is 17.8 Å². The largest absolute Gasteiger partial charge is 0.341 e. The molecule has 2 aromatic rings. The summed E-state index contributed by atoms with van der Waals surface area (Å²) in [5.74, 6) is -0.210. The van der Waals surface area contributed by atoms with Gasteiger partial charge in [0.25, 0.3) is 0 Å². The monoisotopic (exact) mass is 228 g/mol. The molecule has 0 saturated heterocycles. The summed E-state index contributed by atoms with van der Waals surface area (Å²) in [7, 11) is -3.12. The molecule has 0 aliphatic heterocycles. The van der Waals surface area contributed by atoms with Gasteiger partial charge in [0.2, 0.25) is 0 Å². The number of sulfone groups is 1. The van der Waals surface area contributed by atoms with Crippen molar-refractivity contribution < 1.29 is 12.8 Å². The van der Waals surface area contributed by atoms with Crippen LogP contribution in [0, 0.1) is 5.82 Å². The maximum absolute atomic E-state index is 12.8. The SMILES string of the molecule is CS(=O)(=O)Cc1nc2ccc(F)cc2[nH]1. The predicted octanol–water partition coefficient (Wildman–Crippen LogP) is 1.25. The van der Waals surface area contributed by atoms with Crippen molar-refractivity contribution >= 4 is 20.9 Å². The number of aromatic nitrogens is 2. The minimum absolute atomic E-state index is 0.163. The number of benzene rings is 1. The standard InChI is InChI=1S/C9H9FN2O2S/c1-15(13,14)5-9-11-7-3-2-6(10)4-8(7)12-9/h2-4H,5H2,1H3,(H,11,12). The topological polar surface area (TPSA) is 62.8 Å². The fourth-order valence-electron chi connectivity index (χ4n) is 1.35. The lowest BCUT2D eigenvalue weighted by Gasteiger charge is -1.91. The number of nitrogens with zero attached hydrogens (tertiary/aromatic N) is 1. The lowest BCUT2D eigenvalue weighted by molar-refractivity contribution is 0.600. The molecule has 0 bridgehead atoms. The molecule has 0 unspecified atom stereocenters. The molecule has 1 heterocycles. The van der Waals surface area contributed by atoms with Gasteiger partial charge in [0.05, 0.1) is 11.0 Å². The van der Waals surface area contributed by atoms with Crippen LogP contribution >= 0.6 is 0 Å². The van der Waals surface area contributed by atoms with Gasteiger partial charge in [-0.2, -0.15) is 0 Å². The second-order valence-electron chi connectivity index (χ2n) is 3.42. The van der Waals surface area contributed by atoms with Crippen molar-refractivity contribution in [2.24, 2.45) is 0 Å². The molecule has 0 amide bonds. The van der Waals surface area contributed by atoms with Crippen molar-refractivity contribution in [3.63, 3.8) is 0 Å². The average molecular weight is 228 g/mol. The third-order valence-electron chi connectivity index (χ3n) is 1.89. The third-order valence-corrected chi connectivity index (χ3v) is 2.69. The van der Waals surface area contributed by atoms with Crippen molar-refractivity contribution in [2.75, 3.05) is 6.26 Å². The second kappa shape index (κ2) is 3.30. The van der Waals surface area contributed by atoms with E-state index in [1.165, 1.54) is 18.2 Å². The van der Waals surface area contributed by atoms with Crippen molar-refractivity contribution in [3.8, 4) is 0 Å². The van der Waals surface area contributed by atoms with Crippen molar-refractivity contribution in [3.05, 3.63) is 29.8 Å². The Morgan fingerprint density at radius 3 is 2.87 bits per heavy atom. The number of aromatic amines is 1. The van der Waals surface area contributed by atoms with Gasteiger partial charge in [-0.3, -0.25) is 0 Å². The summed E-state index contributed by atoms with van der Waals surface area (Å²) < 4.78 is 34.8. The Morgan fingerprint density at radius 2 is 2.20 bits per heavy atom. The fourth-order valence-corrected chi connectivity index (χ4v) is 1.98. The van der Waals surface area contributed by atoms with E-state index >= 15 is 0 Å². The van der Waals surface area contributed by atoms with Gasteiger partial charge in [0, 0.05) is 6.26 Å². The minimum atomic E-state index is -3.12. The van der Waals surface area contributed by atoms with E-state index in [9.17, 15) is 12.8 Å². The normalized spacial score (nSPS) is 12.1. The summed E-state index contributed by atoms with van der Waals surface area (Å²) in [6.45, 7) is 0. The molecule has 0 fully saturated rings. The van der Waals surface area contributed by atoms with Crippen LogP contribution in [0.1, 0.15) is 5.82 Å². The molecule has 0 spiro atoms. The number of fused-ring (bicyclic) bond motifs is 1. The van der Waals surface area contributed by atoms with Crippen LogP contribution in [-0.4, -0.2) is 24.6 Å². The molecule has 0 atom stereocenters. The van der Waals surface area contributed by atoms with Gasteiger partial charge in [-0.15, -0.1) is 0 Å². The van der Waals surface area contributed by atoms with Crippen LogP contribution in [-0.2, 0) is 15.6 Å². The molecule has 1 aromatic heterocycles. The molecule has 1 N–H and O–H groups in total. The van der Waals surface area contributed by atoms with Crippen LogP contribution in [0.25, 0.3) is 11.0 Å². The van der Waals surface area contributed by atoms with E-state index in [1.54, 1.807) is 0 Å². The summed E-state index contributed by atoms with van der Waals surface area (Å²) >= 11 is 0. The minimum Gasteiger partial charge on any atom is -0.341 e. The Bertz CT molecular complexity index is 604. The first-order valence-corrected chi connectivity index (χ1v) is 6.32. The lowest BCUT2D eigenvalue weighted by atomic mass is 10.3. The van der Waals surface area contributed by atoms with Crippen LogP contribution < -0.4 is 0 Å². The highest BCUT2D eigenvalue weighted by atomic mass is 32.2. The molecular formula is C9H9FN2O2S. The number of H-pyrrole nitrogens is 1. The van der Waals surface area contributed by atoms with E-state index in [2.05, 4.69) is 9.97 Å². The van der Waals surface area contributed by atoms with Gasteiger partial charge in [0.1, 0.15) is 17.4 Å². The molecule has 0 radical (unpaired) electrons. The number of hydrogen-bond donors (Lipinski definition) is 1. The number of hydrogen-bond acceptors (Lipinski definition) is 3. The van der Waals surface area contributed by atoms with E-state index in [1.807, 2.05) is 0 Å². The first-order valence-electron chi connectivity index (χ1n) is 4.26. The van der Waals surface area contributed by atoms with E-state index in [0.717, 1.165) is 6.26 Å². The Hall–Kier alpha value is -1.43. The van der Waals surface area contributed by atoms with E-state index in [0.29, 0.717) is 16.9 Å². The summed E-state index contributed by atoms with van der Waals surface area (Å²) in [5, 5.41) is 0. The maximum atomic E-state index is 12.8. The van der Waals surface area contributed by atoms with Crippen molar-refractivity contribution in [1.29, 1.82) is 0 Å². The zero-order chi connectivity index (χ0) is 11.1. The number of nitrogens with one attached hydrogen (secondary N) is 1. The molecule has 1 aromatic carbocycles. The molecular weight excluding hydrogens is 219 g/mol. The smallest absolute Gasteiger partial charge is 0.154 e. The van der Waals surface area contributed by atoms with E-state index in [-0.39, 0.29) is 11.6 Å². The molecule has 80 valence electrons. The predicted molar refractivity (Wildman–Crippen MR) is 54.6 cm³/mol. The number of rotatable bonds is 2. The first kappa shape index (κ1) is 10.1. The van der Waals surface area contributed by atoms with E-state index in [4.69, 9.17) is 0 Å². The molecule has 0 saturated carbocycles. The maximum Gasteiger partial charge on any atom is 0.154 e. The van der Waals surface area contributed by atoms with Crippen LogP contribution in [0.4, 0.5) is 4.39 Å². The Kier molecular flexibility index (Phi) is 2.22. The van der Waals surface area contributed by atoms with Crippen LogP contribution in [0.3, 0.4) is 0 Å². The highest BCUT2D eigenvalue weighted by Crippen LogP contribution is 2.13. The third kappa shape index (κ3) is 2.33. The van der Waals surface area contributed by atoms with Gasteiger partial charge >= 0.3 is 0 Å². The summed E-state index contributed by atoms with van der Waals surface area (Å²) in [6, 6.07) is 4.08.